The number of carbonyl (C=O) groups excluding carboxylic acids is 1. The molecule has 2 atom stereocenters. The normalized spacial score (nSPS) is 25.3. The summed E-state index contributed by atoms with van der Waals surface area (Å²) in [5.74, 6) is 0.614. The van der Waals surface area contributed by atoms with Gasteiger partial charge in [0.1, 0.15) is 0 Å². The van der Waals surface area contributed by atoms with Crippen molar-refractivity contribution >= 4 is 5.91 Å². The zero-order valence-corrected chi connectivity index (χ0v) is 7.89. The minimum absolute atomic E-state index is 0.149. The highest BCUT2D eigenvalue weighted by atomic mass is 16.1. The van der Waals surface area contributed by atoms with Crippen molar-refractivity contribution in [1.29, 1.82) is 0 Å². The van der Waals surface area contributed by atoms with Crippen LogP contribution in [0.1, 0.15) is 26.2 Å². The first-order valence-electron chi connectivity index (χ1n) is 4.68. The molecule has 0 aromatic heterocycles. The Hall–Kier alpha value is -0.570. The highest BCUT2D eigenvalue weighted by Crippen LogP contribution is 2.17. The van der Waals surface area contributed by atoms with Gasteiger partial charge in [-0.3, -0.25) is 4.79 Å². The highest BCUT2D eigenvalue weighted by Gasteiger charge is 2.22. The molecule has 2 N–H and O–H groups in total. The van der Waals surface area contributed by atoms with Gasteiger partial charge in [-0.1, -0.05) is 6.92 Å². The smallest absolute Gasteiger partial charge is 0.220 e. The maximum absolute atomic E-state index is 11.0. The topological polar surface area (TPSA) is 41.1 Å². The van der Waals surface area contributed by atoms with Crippen molar-refractivity contribution < 1.29 is 4.79 Å². The van der Waals surface area contributed by atoms with Gasteiger partial charge in [0.25, 0.3) is 0 Å². The van der Waals surface area contributed by atoms with E-state index in [0.29, 0.717) is 18.4 Å². The van der Waals surface area contributed by atoms with Crippen molar-refractivity contribution in [1.82, 2.24) is 10.6 Å². The summed E-state index contributed by atoms with van der Waals surface area (Å²) in [6.45, 7) is 3.25. The van der Waals surface area contributed by atoms with E-state index in [4.69, 9.17) is 0 Å². The molecule has 0 spiro atoms. The van der Waals surface area contributed by atoms with Crippen LogP contribution >= 0.6 is 0 Å². The molecule has 1 saturated heterocycles. The van der Waals surface area contributed by atoms with Crippen LogP contribution in [-0.2, 0) is 4.79 Å². The molecule has 0 aliphatic carbocycles. The second-order valence-electron chi connectivity index (χ2n) is 3.56. The first-order chi connectivity index (χ1) is 5.74. The Labute approximate surface area is 73.9 Å². The quantitative estimate of drug-likeness (QED) is 0.648. The van der Waals surface area contributed by atoms with Crippen LogP contribution in [-0.4, -0.2) is 25.5 Å². The summed E-state index contributed by atoms with van der Waals surface area (Å²) in [7, 11) is 1.69. The molecule has 0 aromatic carbocycles. The van der Waals surface area contributed by atoms with E-state index >= 15 is 0 Å². The maximum atomic E-state index is 11.0. The van der Waals surface area contributed by atoms with E-state index in [2.05, 4.69) is 17.6 Å². The van der Waals surface area contributed by atoms with Gasteiger partial charge in [-0.2, -0.15) is 0 Å². The van der Waals surface area contributed by atoms with E-state index in [1.54, 1.807) is 7.05 Å². The van der Waals surface area contributed by atoms with Gasteiger partial charge < -0.3 is 10.6 Å². The summed E-state index contributed by atoms with van der Waals surface area (Å²) in [5, 5.41) is 6.06. The van der Waals surface area contributed by atoms with Crippen LogP contribution in [0.3, 0.4) is 0 Å². The highest BCUT2D eigenvalue weighted by molar-refractivity contribution is 5.75. The first kappa shape index (κ1) is 9.52. The lowest BCUT2D eigenvalue weighted by atomic mass is 9.97. The second-order valence-corrected chi connectivity index (χ2v) is 3.56. The third-order valence-electron chi connectivity index (χ3n) is 2.57. The first-order valence-corrected chi connectivity index (χ1v) is 4.68. The molecule has 0 saturated carbocycles. The zero-order chi connectivity index (χ0) is 8.97. The monoisotopic (exact) mass is 170 g/mol. The van der Waals surface area contributed by atoms with Crippen molar-refractivity contribution in [2.45, 2.75) is 32.2 Å². The average molecular weight is 170 g/mol. The molecule has 0 unspecified atom stereocenters. The Morgan fingerprint density at radius 3 is 3.00 bits per heavy atom. The van der Waals surface area contributed by atoms with Crippen molar-refractivity contribution in [3.05, 3.63) is 0 Å². The summed E-state index contributed by atoms with van der Waals surface area (Å²) in [6.07, 6.45) is 3.12. The lowest BCUT2D eigenvalue weighted by Gasteiger charge is -2.18. The lowest BCUT2D eigenvalue weighted by Crippen LogP contribution is -2.32. The number of nitrogens with one attached hydrogen (secondary N) is 2. The molecule has 0 bridgehead atoms. The Bertz CT molecular complexity index is 153. The van der Waals surface area contributed by atoms with Crippen LogP contribution in [0.25, 0.3) is 0 Å². The van der Waals surface area contributed by atoms with Crippen molar-refractivity contribution in [2.24, 2.45) is 5.92 Å². The molecule has 12 heavy (non-hydrogen) atoms. The molecule has 3 heteroatoms. The summed E-state index contributed by atoms with van der Waals surface area (Å²) in [6, 6.07) is 0.558. The fourth-order valence-electron chi connectivity index (χ4n) is 1.73. The van der Waals surface area contributed by atoms with E-state index in [-0.39, 0.29) is 5.91 Å². The lowest BCUT2D eigenvalue weighted by molar-refractivity contribution is -0.121. The van der Waals surface area contributed by atoms with Gasteiger partial charge in [0, 0.05) is 19.5 Å². The van der Waals surface area contributed by atoms with Gasteiger partial charge in [0.2, 0.25) is 5.91 Å². The average Bonchev–Trinajstić information content (AvgIpc) is 2.56. The molecular weight excluding hydrogens is 152 g/mol. The van der Waals surface area contributed by atoms with E-state index in [9.17, 15) is 4.79 Å². The zero-order valence-electron chi connectivity index (χ0n) is 7.89. The van der Waals surface area contributed by atoms with Gasteiger partial charge in [-0.25, -0.2) is 0 Å². The molecular formula is C9H18N2O. The Morgan fingerprint density at radius 2 is 2.50 bits per heavy atom. The van der Waals surface area contributed by atoms with E-state index in [0.717, 1.165) is 6.54 Å². The molecule has 1 heterocycles. The SMILES string of the molecule is CNC(=O)C[C@@H](C)[C@H]1CCCN1. The number of rotatable bonds is 3. The summed E-state index contributed by atoms with van der Waals surface area (Å²) >= 11 is 0. The van der Waals surface area contributed by atoms with Crippen LogP contribution in [0.4, 0.5) is 0 Å². The number of amides is 1. The molecule has 1 aliphatic heterocycles. The van der Waals surface area contributed by atoms with Crippen molar-refractivity contribution in [2.75, 3.05) is 13.6 Å². The Morgan fingerprint density at radius 1 is 1.75 bits per heavy atom. The van der Waals surface area contributed by atoms with Gasteiger partial charge in [-0.15, -0.1) is 0 Å². The maximum Gasteiger partial charge on any atom is 0.220 e. The Balaban J connectivity index is 2.26. The van der Waals surface area contributed by atoms with E-state index in [1.165, 1.54) is 12.8 Å². The molecule has 1 fully saturated rings. The molecule has 3 nitrogen and oxygen atoms in total. The minimum Gasteiger partial charge on any atom is -0.359 e. The third-order valence-corrected chi connectivity index (χ3v) is 2.57. The fourth-order valence-corrected chi connectivity index (χ4v) is 1.73. The molecule has 0 radical (unpaired) electrons. The van der Waals surface area contributed by atoms with Gasteiger partial charge >= 0.3 is 0 Å². The summed E-state index contributed by atoms with van der Waals surface area (Å²) < 4.78 is 0. The van der Waals surface area contributed by atoms with Crippen LogP contribution in [0.15, 0.2) is 0 Å². The second kappa shape index (κ2) is 4.45. The molecule has 0 aromatic rings. The molecule has 1 rings (SSSR count). The van der Waals surface area contributed by atoms with Crippen LogP contribution in [0.2, 0.25) is 0 Å². The predicted molar refractivity (Wildman–Crippen MR) is 48.9 cm³/mol. The predicted octanol–water partition coefficient (Wildman–Crippen LogP) is 0.511. The summed E-state index contributed by atoms with van der Waals surface area (Å²) in [4.78, 5) is 11.0. The molecule has 1 amide bonds. The van der Waals surface area contributed by atoms with Crippen LogP contribution < -0.4 is 10.6 Å². The number of hydrogen-bond donors (Lipinski definition) is 2. The minimum atomic E-state index is 0.149. The Kier molecular flexibility index (Phi) is 3.53. The largest absolute Gasteiger partial charge is 0.359 e. The fraction of sp³-hybridized carbons (Fsp3) is 0.889. The summed E-state index contributed by atoms with van der Waals surface area (Å²) in [5.41, 5.74) is 0. The van der Waals surface area contributed by atoms with Crippen molar-refractivity contribution in [3.63, 3.8) is 0 Å². The van der Waals surface area contributed by atoms with E-state index in [1.807, 2.05) is 0 Å². The standard InChI is InChI=1S/C9H18N2O/c1-7(6-9(12)10-2)8-4-3-5-11-8/h7-8,11H,3-6H2,1-2H3,(H,10,12)/t7-,8-/m1/s1. The molecule has 70 valence electrons. The van der Waals surface area contributed by atoms with Crippen LogP contribution in [0, 0.1) is 5.92 Å². The van der Waals surface area contributed by atoms with Gasteiger partial charge in [-0.05, 0) is 25.3 Å². The number of carbonyl (C=O) groups is 1. The van der Waals surface area contributed by atoms with Crippen LogP contribution in [0.5, 0.6) is 0 Å². The molecule has 1 aliphatic rings. The van der Waals surface area contributed by atoms with E-state index < -0.39 is 0 Å². The third kappa shape index (κ3) is 2.48. The van der Waals surface area contributed by atoms with Gasteiger partial charge in [0.15, 0.2) is 0 Å². The van der Waals surface area contributed by atoms with Crippen molar-refractivity contribution in [3.8, 4) is 0 Å². The van der Waals surface area contributed by atoms with Gasteiger partial charge in [0.05, 0.1) is 0 Å². The number of hydrogen-bond acceptors (Lipinski definition) is 2.